The predicted molar refractivity (Wildman–Crippen MR) is 57.5 cm³/mol. The first-order valence-corrected chi connectivity index (χ1v) is 5.82. The molecule has 3 heteroatoms. The van der Waals surface area contributed by atoms with Crippen LogP contribution < -0.4 is 0 Å². The molecule has 0 radical (unpaired) electrons. The topological polar surface area (TPSA) is 30.2 Å². The summed E-state index contributed by atoms with van der Waals surface area (Å²) in [5.74, 6) is 1.56. The van der Waals surface area contributed by atoms with Gasteiger partial charge in [0.05, 0.1) is 5.56 Å². The highest BCUT2D eigenvalue weighted by atomic mass is 79.9. The fourth-order valence-electron chi connectivity index (χ4n) is 2.14. The van der Waals surface area contributed by atoms with E-state index in [1.54, 1.807) is 6.07 Å². The summed E-state index contributed by atoms with van der Waals surface area (Å²) in [6, 6.07) is 1.75. The van der Waals surface area contributed by atoms with E-state index in [1.165, 1.54) is 25.7 Å². The summed E-state index contributed by atoms with van der Waals surface area (Å²) in [4.78, 5) is 10.7. The molecular formula is C11H13BrO2. The molecule has 1 fully saturated rings. The number of furan rings is 1. The normalized spacial score (nSPS) is 17.5. The Bertz CT molecular complexity index is 324. The molecule has 1 aromatic rings. The number of hydrogen-bond acceptors (Lipinski definition) is 2. The average molecular weight is 257 g/mol. The summed E-state index contributed by atoms with van der Waals surface area (Å²) >= 11 is 3.25. The Labute approximate surface area is 91.8 Å². The quantitative estimate of drug-likeness (QED) is 0.774. The molecule has 1 aromatic heterocycles. The summed E-state index contributed by atoms with van der Waals surface area (Å²) in [5.41, 5.74) is 0.698. The zero-order valence-electron chi connectivity index (χ0n) is 7.96. The van der Waals surface area contributed by atoms with Crippen LogP contribution in [0.2, 0.25) is 0 Å². The van der Waals surface area contributed by atoms with Crippen molar-refractivity contribution in [1.29, 1.82) is 0 Å². The molecule has 2 nitrogen and oxygen atoms in total. The molecule has 0 bridgehead atoms. The molecule has 1 heterocycles. The second kappa shape index (κ2) is 4.30. The minimum Gasteiger partial charge on any atom is -0.454 e. The lowest BCUT2D eigenvalue weighted by atomic mass is 10.0. The SMILES string of the molecule is O=Cc1cc(Br)oc1CC1CCCC1. The molecular weight excluding hydrogens is 244 g/mol. The standard InChI is InChI=1S/C11H13BrO2/c12-11-6-9(7-13)10(14-11)5-8-3-1-2-4-8/h6-8H,1-5H2. The van der Waals surface area contributed by atoms with Gasteiger partial charge in [0.15, 0.2) is 11.0 Å². The fourth-order valence-corrected chi connectivity index (χ4v) is 2.59. The number of aldehydes is 1. The summed E-state index contributed by atoms with van der Waals surface area (Å²) in [5, 5.41) is 0. The summed E-state index contributed by atoms with van der Waals surface area (Å²) in [7, 11) is 0. The second-order valence-electron chi connectivity index (χ2n) is 3.90. The Morgan fingerprint density at radius 2 is 2.21 bits per heavy atom. The van der Waals surface area contributed by atoms with Gasteiger partial charge in [-0.05, 0) is 21.8 Å². The number of carbonyl (C=O) groups is 1. The number of rotatable bonds is 3. The third kappa shape index (κ3) is 2.08. The lowest BCUT2D eigenvalue weighted by Gasteiger charge is -2.05. The highest BCUT2D eigenvalue weighted by Crippen LogP contribution is 2.30. The van der Waals surface area contributed by atoms with E-state index in [2.05, 4.69) is 15.9 Å². The van der Waals surface area contributed by atoms with Crippen LogP contribution >= 0.6 is 15.9 Å². The minimum absolute atomic E-state index is 0.660. The van der Waals surface area contributed by atoms with Gasteiger partial charge in [0, 0.05) is 12.5 Å². The third-order valence-corrected chi connectivity index (χ3v) is 3.28. The van der Waals surface area contributed by atoms with Gasteiger partial charge in [-0.2, -0.15) is 0 Å². The van der Waals surface area contributed by atoms with Gasteiger partial charge in [-0.25, -0.2) is 0 Å². The molecule has 0 aliphatic heterocycles. The van der Waals surface area contributed by atoms with Crippen molar-refractivity contribution in [3.63, 3.8) is 0 Å². The Morgan fingerprint density at radius 1 is 1.50 bits per heavy atom. The van der Waals surface area contributed by atoms with Crippen LogP contribution in [-0.2, 0) is 6.42 Å². The van der Waals surface area contributed by atoms with Crippen molar-refractivity contribution in [2.45, 2.75) is 32.1 Å². The van der Waals surface area contributed by atoms with Gasteiger partial charge >= 0.3 is 0 Å². The van der Waals surface area contributed by atoms with Gasteiger partial charge in [-0.15, -0.1) is 0 Å². The van der Waals surface area contributed by atoms with E-state index < -0.39 is 0 Å². The van der Waals surface area contributed by atoms with E-state index in [-0.39, 0.29) is 0 Å². The zero-order chi connectivity index (χ0) is 9.97. The van der Waals surface area contributed by atoms with E-state index in [0.717, 1.165) is 18.5 Å². The Kier molecular flexibility index (Phi) is 3.06. The van der Waals surface area contributed by atoms with Crippen molar-refractivity contribution in [2.24, 2.45) is 5.92 Å². The van der Waals surface area contributed by atoms with Gasteiger partial charge in [-0.3, -0.25) is 4.79 Å². The average Bonchev–Trinajstić information content (AvgIpc) is 2.76. The molecule has 0 atom stereocenters. The first kappa shape index (κ1) is 9.97. The van der Waals surface area contributed by atoms with E-state index in [9.17, 15) is 4.79 Å². The van der Waals surface area contributed by atoms with Crippen LogP contribution in [0.3, 0.4) is 0 Å². The van der Waals surface area contributed by atoms with Crippen molar-refractivity contribution < 1.29 is 9.21 Å². The molecule has 1 saturated carbocycles. The zero-order valence-corrected chi connectivity index (χ0v) is 9.55. The number of hydrogen-bond donors (Lipinski definition) is 0. The molecule has 0 amide bonds. The van der Waals surface area contributed by atoms with Gasteiger partial charge in [-0.1, -0.05) is 25.7 Å². The van der Waals surface area contributed by atoms with E-state index >= 15 is 0 Å². The van der Waals surface area contributed by atoms with Crippen LogP contribution in [-0.4, -0.2) is 6.29 Å². The molecule has 14 heavy (non-hydrogen) atoms. The van der Waals surface area contributed by atoms with E-state index in [0.29, 0.717) is 16.2 Å². The predicted octanol–water partition coefficient (Wildman–Crippen LogP) is 3.59. The number of halogens is 1. The Hall–Kier alpha value is -0.570. The molecule has 1 aliphatic carbocycles. The Balaban J connectivity index is 2.10. The molecule has 0 unspecified atom stereocenters. The van der Waals surface area contributed by atoms with E-state index in [4.69, 9.17) is 4.42 Å². The molecule has 0 N–H and O–H groups in total. The Morgan fingerprint density at radius 3 is 2.86 bits per heavy atom. The maximum Gasteiger partial charge on any atom is 0.170 e. The van der Waals surface area contributed by atoms with E-state index in [1.807, 2.05) is 0 Å². The van der Waals surface area contributed by atoms with Crippen molar-refractivity contribution >= 4 is 22.2 Å². The van der Waals surface area contributed by atoms with Crippen molar-refractivity contribution in [2.75, 3.05) is 0 Å². The molecule has 1 aliphatic rings. The molecule has 0 aromatic carbocycles. The van der Waals surface area contributed by atoms with Crippen LogP contribution in [0.4, 0.5) is 0 Å². The summed E-state index contributed by atoms with van der Waals surface area (Å²) in [6.45, 7) is 0. The van der Waals surface area contributed by atoms with Crippen LogP contribution in [0.15, 0.2) is 15.2 Å². The molecule has 76 valence electrons. The molecule has 2 rings (SSSR count). The monoisotopic (exact) mass is 256 g/mol. The third-order valence-electron chi connectivity index (χ3n) is 2.89. The minimum atomic E-state index is 0.660. The van der Waals surface area contributed by atoms with Gasteiger partial charge < -0.3 is 4.42 Å². The van der Waals surface area contributed by atoms with Crippen LogP contribution in [0.5, 0.6) is 0 Å². The van der Waals surface area contributed by atoms with Crippen LogP contribution in [0.1, 0.15) is 41.8 Å². The maximum atomic E-state index is 10.7. The highest BCUT2D eigenvalue weighted by Gasteiger charge is 2.19. The molecule has 0 saturated heterocycles. The lowest BCUT2D eigenvalue weighted by molar-refractivity contribution is 0.112. The first-order valence-electron chi connectivity index (χ1n) is 5.03. The van der Waals surface area contributed by atoms with Gasteiger partial charge in [0.1, 0.15) is 5.76 Å². The van der Waals surface area contributed by atoms with Crippen LogP contribution in [0, 0.1) is 5.92 Å². The number of carbonyl (C=O) groups excluding carboxylic acids is 1. The lowest BCUT2D eigenvalue weighted by Crippen LogP contribution is -1.99. The van der Waals surface area contributed by atoms with Gasteiger partial charge in [0.25, 0.3) is 0 Å². The van der Waals surface area contributed by atoms with Crippen molar-refractivity contribution in [3.05, 3.63) is 22.1 Å². The second-order valence-corrected chi connectivity index (χ2v) is 4.68. The summed E-state index contributed by atoms with van der Waals surface area (Å²) < 4.78 is 6.11. The summed E-state index contributed by atoms with van der Waals surface area (Å²) in [6.07, 6.45) is 6.98. The first-order chi connectivity index (χ1) is 6.79. The maximum absolute atomic E-state index is 10.7. The van der Waals surface area contributed by atoms with Crippen LogP contribution in [0.25, 0.3) is 0 Å². The highest BCUT2D eigenvalue weighted by molar-refractivity contribution is 9.10. The van der Waals surface area contributed by atoms with Crippen molar-refractivity contribution in [3.8, 4) is 0 Å². The van der Waals surface area contributed by atoms with Crippen molar-refractivity contribution in [1.82, 2.24) is 0 Å². The molecule has 0 spiro atoms. The fraction of sp³-hybridized carbons (Fsp3) is 0.545. The smallest absolute Gasteiger partial charge is 0.170 e. The largest absolute Gasteiger partial charge is 0.454 e. The van der Waals surface area contributed by atoms with Gasteiger partial charge in [0.2, 0.25) is 0 Å².